The SMILES string of the molecule is CCCCCCCn1c(N)[n+](CC(O)COc2ccccc2)c2ccccc21.[Cl-]. The van der Waals surface area contributed by atoms with Crippen molar-refractivity contribution >= 4 is 17.0 Å². The number of nitrogen functional groups attached to an aromatic ring is 1. The van der Waals surface area contributed by atoms with E-state index in [-0.39, 0.29) is 19.0 Å². The van der Waals surface area contributed by atoms with Crippen molar-refractivity contribution in [3.05, 3.63) is 54.6 Å². The average Bonchev–Trinajstić information content (AvgIpc) is 2.99. The molecule has 0 saturated heterocycles. The molecular formula is C23H32ClN3O2. The molecule has 3 aromatic rings. The Morgan fingerprint density at radius 2 is 1.69 bits per heavy atom. The van der Waals surface area contributed by atoms with Gasteiger partial charge >= 0.3 is 5.95 Å². The number of hydrogen-bond donors (Lipinski definition) is 2. The lowest BCUT2D eigenvalue weighted by molar-refractivity contribution is -0.665. The van der Waals surface area contributed by atoms with Crippen LogP contribution in [-0.2, 0) is 13.1 Å². The number of nitrogens with zero attached hydrogens (tertiary/aromatic N) is 2. The van der Waals surface area contributed by atoms with E-state index in [4.69, 9.17) is 10.5 Å². The Hall–Kier alpha value is -2.24. The molecule has 29 heavy (non-hydrogen) atoms. The summed E-state index contributed by atoms with van der Waals surface area (Å²) in [5.41, 5.74) is 8.65. The maximum absolute atomic E-state index is 10.5. The molecule has 3 N–H and O–H groups in total. The van der Waals surface area contributed by atoms with E-state index in [0.717, 1.165) is 29.7 Å². The van der Waals surface area contributed by atoms with Gasteiger partial charge < -0.3 is 22.3 Å². The summed E-state index contributed by atoms with van der Waals surface area (Å²) in [5, 5.41) is 10.5. The fourth-order valence-corrected chi connectivity index (χ4v) is 3.59. The lowest BCUT2D eigenvalue weighted by Crippen LogP contribution is -3.00. The zero-order valence-corrected chi connectivity index (χ0v) is 17.9. The number of nitrogens with two attached hydrogens (primary N) is 1. The first-order chi connectivity index (χ1) is 13.7. The highest BCUT2D eigenvalue weighted by Crippen LogP contribution is 2.18. The van der Waals surface area contributed by atoms with Crippen molar-refractivity contribution in [2.45, 2.75) is 58.2 Å². The number of hydrogen-bond acceptors (Lipinski definition) is 3. The molecule has 0 saturated carbocycles. The summed E-state index contributed by atoms with van der Waals surface area (Å²) in [7, 11) is 0. The van der Waals surface area contributed by atoms with Crippen LogP contribution in [0.5, 0.6) is 5.75 Å². The number of unbranched alkanes of at least 4 members (excludes halogenated alkanes) is 4. The summed E-state index contributed by atoms with van der Waals surface area (Å²) < 4.78 is 9.86. The van der Waals surface area contributed by atoms with Crippen molar-refractivity contribution in [1.29, 1.82) is 0 Å². The number of aromatic nitrogens is 2. The molecule has 0 aliphatic heterocycles. The van der Waals surface area contributed by atoms with Crippen LogP contribution in [0.15, 0.2) is 54.6 Å². The van der Waals surface area contributed by atoms with Crippen LogP contribution in [0.4, 0.5) is 5.95 Å². The second-order valence-corrected chi connectivity index (χ2v) is 7.30. The minimum Gasteiger partial charge on any atom is -1.00 e. The van der Waals surface area contributed by atoms with Crippen LogP contribution in [0.25, 0.3) is 11.0 Å². The predicted molar refractivity (Wildman–Crippen MR) is 113 cm³/mol. The number of rotatable bonds is 11. The standard InChI is InChI=1S/C23H31N3O2.ClH/c1-2-3-4-5-11-16-25-21-14-9-10-15-22(21)26(23(25)24)17-19(27)18-28-20-12-7-6-8-13-20;/h6-10,12-15,19,24,27H,2-5,11,16-18H2,1H3;1H. The van der Waals surface area contributed by atoms with Crippen LogP contribution in [-0.4, -0.2) is 22.4 Å². The smallest absolute Gasteiger partial charge is 0.356 e. The van der Waals surface area contributed by atoms with Gasteiger partial charge in [0.05, 0.1) is 6.54 Å². The van der Waals surface area contributed by atoms with Gasteiger partial charge in [-0.3, -0.25) is 5.73 Å². The number of fused-ring (bicyclic) bond motifs is 1. The first-order valence-electron chi connectivity index (χ1n) is 10.3. The summed E-state index contributed by atoms with van der Waals surface area (Å²) >= 11 is 0. The van der Waals surface area contributed by atoms with Crippen LogP contribution in [0.1, 0.15) is 39.0 Å². The van der Waals surface area contributed by atoms with Gasteiger partial charge in [0.1, 0.15) is 36.0 Å². The molecule has 1 atom stereocenters. The molecule has 1 aromatic heterocycles. The largest absolute Gasteiger partial charge is 1.00 e. The van der Waals surface area contributed by atoms with E-state index in [2.05, 4.69) is 23.6 Å². The molecule has 0 radical (unpaired) electrons. The molecule has 0 amide bonds. The third-order valence-electron chi connectivity index (χ3n) is 5.08. The summed E-state index contributed by atoms with van der Waals surface area (Å²) in [6, 6.07) is 17.8. The van der Waals surface area contributed by atoms with Crippen molar-refractivity contribution in [2.24, 2.45) is 0 Å². The van der Waals surface area contributed by atoms with Crippen LogP contribution < -0.4 is 27.4 Å². The van der Waals surface area contributed by atoms with E-state index < -0.39 is 6.10 Å². The van der Waals surface area contributed by atoms with E-state index in [1.54, 1.807) is 0 Å². The molecule has 158 valence electrons. The molecule has 3 rings (SSSR count). The molecule has 0 bridgehead atoms. The molecule has 0 spiro atoms. The number of ether oxygens (including phenoxy) is 1. The summed E-state index contributed by atoms with van der Waals surface area (Å²) in [4.78, 5) is 0. The van der Waals surface area contributed by atoms with E-state index in [1.807, 2.05) is 47.0 Å². The quantitative estimate of drug-likeness (QED) is 0.360. The highest BCUT2D eigenvalue weighted by molar-refractivity contribution is 5.73. The Balaban J connectivity index is 0.00000300. The fraction of sp³-hybridized carbons (Fsp3) is 0.435. The minimum atomic E-state index is -0.642. The maximum Gasteiger partial charge on any atom is 0.356 e. The van der Waals surface area contributed by atoms with E-state index in [1.165, 1.54) is 25.7 Å². The molecule has 0 fully saturated rings. The average molecular weight is 418 g/mol. The Morgan fingerprint density at radius 3 is 2.45 bits per heavy atom. The van der Waals surface area contributed by atoms with Gasteiger partial charge in [0.2, 0.25) is 0 Å². The number of imidazole rings is 1. The number of aryl methyl sites for hydroxylation is 1. The van der Waals surface area contributed by atoms with E-state index in [0.29, 0.717) is 12.5 Å². The van der Waals surface area contributed by atoms with Crippen molar-refractivity contribution in [1.82, 2.24) is 4.57 Å². The number of para-hydroxylation sites is 3. The molecule has 5 nitrogen and oxygen atoms in total. The van der Waals surface area contributed by atoms with Gasteiger partial charge in [-0.2, -0.15) is 0 Å². The van der Waals surface area contributed by atoms with Crippen LogP contribution in [0.3, 0.4) is 0 Å². The number of anilines is 1. The molecular weight excluding hydrogens is 386 g/mol. The van der Waals surface area contributed by atoms with Gasteiger partial charge in [0.25, 0.3) is 0 Å². The topological polar surface area (TPSA) is 64.3 Å². The van der Waals surface area contributed by atoms with E-state index in [9.17, 15) is 5.11 Å². The summed E-state index contributed by atoms with van der Waals surface area (Å²) in [6.45, 7) is 3.77. The third-order valence-corrected chi connectivity index (χ3v) is 5.08. The Kier molecular flexibility index (Phi) is 9.29. The number of halogens is 1. The maximum atomic E-state index is 10.5. The lowest BCUT2D eigenvalue weighted by atomic mass is 10.1. The summed E-state index contributed by atoms with van der Waals surface area (Å²) in [5.74, 6) is 1.45. The Labute approximate surface area is 179 Å². The second kappa shape index (κ2) is 11.7. The first kappa shape index (κ1) is 23.0. The van der Waals surface area contributed by atoms with Gasteiger partial charge in [-0.05, 0) is 30.7 Å². The lowest BCUT2D eigenvalue weighted by Gasteiger charge is -2.12. The molecule has 0 aliphatic rings. The van der Waals surface area contributed by atoms with Crippen LogP contribution >= 0.6 is 0 Å². The van der Waals surface area contributed by atoms with Crippen LogP contribution in [0, 0.1) is 0 Å². The van der Waals surface area contributed by atoms with Gasteiger partial charge in [-0.15, -0.1) is 0 Å². The van der Waals surface area contributed by atoms with Crippen molar-refractivity contribution in [3.63, 3.8) is 0 Å². The first-order valence-corrected chi connectivity index (χ1v) is 10.3. The predicted octanol–water partition coefficient (Wildman–Crippen LogP) is 0.925. The third kappa shape index (κ3) is 6.12. The number of aliphatic hydroxyl groups excluding tert-OH is 1. The van der Waals surface area contributed by atoms with Gasteiger partial charge in [-0.1, -0.05) is 62.9 Å². The normalized spacial score (nSPS) is 11.9. The van der Waals surface area contributed by atoms with Crippen LogP contribution in [0.2, 0.25) is 0 Å². The zero-order chi connectivity index (χ0) is 19.8. The Bertz CT molecular complexity index is 867. The number of aliphatic hydroxyl groups is 1. The highest BCUT2D eigenvalue weighted by atomic mass is 35.5. The second-order valence-electron chi connectivity index (χ2n) is 7.30. The van der Waals surface area contributed by atoms with Gasteiger partial charge in [-0.25, -0.2) is 9.13 Å². The molecule has 2 aromatic carbocycles. The van der Waals surface area contributed by atoms with Crippen molar-refractivity contribution in [2.75, 3.05) is 12.3 Å². The molecule has 6 heteroatoms. The number of benzene rings is 2. The minimum absolute atomic E-state index is 0. The fourth-order valence-electron chi connectivity index (χ4n) is 3.59. The molecule has 0 aliphatic carbocycles. The van der Waals surface area contributed by atoms with Gasteiger partial charge in [0, 0.05) is 0 Å². The van der Waals surface area contributed by atoms with Crippen molar-refractivity contribution < 1.29 is 26.8 Å². The Morgan fingerprint density at radius 1 is 1.00 bits per heavy atom. The summed E-state index contributed by atoms with van der Waals surface area (Å²) in [6.07, 6.45) is 5.49. The zero-order valence-electron chi connectivity index (χ0n) is 17.1. The molecule has 1 unspecified atom stereocenters. The monoisotopic (exact) mass is 417 g/mol. The van der Waals surface area contributed by atoms with Gasteiger partial charge in [0.15, 0.2) is 0 Å². The highest BCUT2D eigenvalue weighted by Gasteiger charge is 2.22. The molecule has 1 heterocycles. The van der Waals surface area contributed by atoms with E-state index >= 15 is 0 Å². The van der Waals surface area contributed by atoms with Crippen molar-refractivity contribution in [3.8, 4) is 5.75 Å².